The lowest BCUT2D eigenvalue weighted by Crippen LogP contribution is -2.24. The predicted octanol–water partition coefficient (Wildman–Crippen LogP) is 3.90. The van der Waals surface area contributed by atoms with E-state index in [1.165, 1.54) is 11.1 Å². The van der Waals surface area contributed by atoms with Crippen LogP contribution in [-0.2, 0) is 4.79 Å². The molecule has 0 aliphatic heterocycles. The maximum Gasteiger partial charge on any atom is 0.277 e. The molecule has 5 heteroatoms. The van der Waals surface area contributed by atoms with Crippen molar-refractivity contribution in [2.45, 2.75) is 20.8 Å². The van der Waals surface area contributed by atoms with Crippen LogP contribution in [0.15, 0.2) is 46.0 Å². The Morgan fingerprint density at radius 1 is 1.13 bits per heavy atom. The first kappa shape index (κ1) is 17.2. The van der Waals surface area contributed by atoms with E-state index < -0.39 is 0 Å². The minimum Gasteiger partial charge on any atom is -0.484 e. The maximum atomic E-state index is 11.7. The van der Waals surface area contributed by atoms with E-state index >= 15 is 0 Å². The van der Waals surface area contributed by atoms with Gasteiger partial charge in [-0.3, -0.25) is 4.79 Å². The second-order valence-corrected chi connectivity index (χ2v) is 6.24. The van der Waals surface area contributed by atoms with E-state index in [1.54, 1.807) is 18.3 Å². The molecule has 0 bridgehead atoms. The summed E-state index contributed by atoms with van der Waals surface area (Å²) in [5.41, 5.74) is 7.02. The van der Waals surface area contributed by atoms with E-state index in [0.29, 0.717) is 5.75 Å². The second-order valence-electron chi connectivity index (χ2n) is 5.33. The van der Waals surface area contributed by atoms with E-state index in [2.05, 4.69) is 52.4 Å². The highest BCUT2D eigenvalue weighted by Crippen LogP contribution is 2.16. The fourth-order valence-corrected chi connectivity index (χ4v) is 2.27. The third-order valence-corrected chi connectivity index (χ3v) is 3.99. The van der Waals surface area contributed by atoms with E-state index in [0.717, 1.165) is 15.6 Å². The van der Waals surface area contributed by atoms with Crippen LogP contribution < -0.4 is 10.2 Å². The molecule has 0 saturated heterocycles. The molecule has 0 saturated carbocycles. The highest BCUT2D eigenvalue weighted by molar-refractivity contribution is 9.10. The van der Waals surface area contributed by atoms with Crippen LogP contribution in [0.3, 0.4) is 0 Å². The van der Waals surface area contributed by atoms with Crippen LogP contribution in [0.2, 0.25) is 0 Å². The van der Waals surface area contributed by atoms with Crippen LogP contribution in [0.5, 0.6) is 5.75 Å². The fraction of sp³-hybridized carbons (Fsp3) is 0.222. The summed E-state index contributed by atoms with van der Waals surface area (Å²) in [4.78, 5) is 11.7. The third kappa shape index (κ3) is 5.21. The van der Waals surface area contributed by atoms with Crippen LogP contribution in [-0.4, -0.2) is 18.7 Å². The van der Waals surface area contributed by atoms with Crippen molar-refractivity contribution < 1.29 is 9.53 Å². The van der Waals surface area contributed by atoms with Crippen molar-refractivity contribution in [3.05, 3.63) is 63.1 Å². The van der Waals surface area contributed by atoms with E-state index in [-0.39, 0.29) is 12.5 Å². The van der Waals surface area contributed by atoms with Gasteiger partial charge in [-0.15, -0.1) is 0 Å². The zero-order valence-corrected chi connectivity index (χ0v) is 15.0. The molecule has 0 fully saturated rings. The number of benzene rings is 2. The zero-order chi connectivity index (χ0) is 16.8. The Labute approximate surface area is 144 Å². The number of amides is 1. The third-order valence-electron chi connectivity index (χ3n) is 3.46. The molecule has 0 unspecified atom stereocenters. The van der Waals surface area contributed by atoms with Crippen molar-refractivity contribution >= 4 is 28.1 Å². The summed E-state index contributed by atoms with van der Waals surface area (Å²) in [7, 11) is 0. The Morgan fingerprint density at radius 3 is 2.48 bits per heavy atom. The summed E-state index contributed by atoms with van der Waals surface area (Å²) in [6.07, 6.45) is 1.65. The van der Waals surface area contributed by atoms with Crippen molar-refractivity contribution in [1.82, 2.24) is 5.43 Å². The Kier molecular flexibility index (Phi) is 5.93. The number of carbonyl (C=O) groups excluding carboxylic acids is 1. The molecule has 0 aromatic heterocycles. The van der Waals surface area contributed by atoms with E-state index in [4.69, 9.17) is 4.74 Å². The zero-order valence-electron chi connectivity index (χ0n) is 13.4. The summed E-state index contributed by atoms with van der Waals surface area (Å²) < 4.78 is 6.34. The first-order valence-corrected chi connectivity index (χ1v) is 8.03. The molecule has 2 aromatic carbocycles. The number of hydrogen-bond donors (Lipinski definition) is 1. The average molecular weight is 375 g/mol. The molecule has 0 radical (unpaired) electrons. The van der Waals surface area contributed by atoms with Crippen molar-refractivity contribution in [2.24, 2.45) is 5.10 Å². The number of carbonyl (C=O) groups is 1. The van der Waals surface area contributed by atoms with Crippen molar-refractivity contribution in [1.29, 1.82) is 0 Å². The molecule has 2 rings (SSSR count). The normalized spacial score (nSPS) is 10.8. The summed E-state index contributed by atoms with van der Waals surface area (Å²) in [5.74, 6) is 0.336. The van der Waals surface area contributed by atoms with Gasteiger partial charge in [0.1, 0.15) is 5.75 Å². The Morgan fingerprint density at radius 2 is 1.78 bits per heavy atom. The van der Waals surface area contributed by atoms with E-state index in [1.807, 2.05) is 19.1 Å². The summed E-state index contributed by atoms with van der Waals surface area (Å²) in [5, 5.41) is 3.99. The molecule has 1 amide bonds. The van der Waals surface area contributed by atoms with Gasteiger partial charge in [0.05, 0.1) is 6.21 Å². The van der Waals surface area contributed by atoms with Gasteiger partial charge in [0, 0.05) is 4.47 Å². The Hall–Kier alpha value is -2.14. The van der Waals surface area contributed by atoms with Crippen molar-refractivity contribution in [3.8, 4) is 5.75 Å². The first-order chi connectivity index (χ1) is 11.0. The molecular weight excluding hydrogens is 356 g/mol. The SMILES string of the molecule is Cc1cc(C)c(/C=N\NC(=O)COc2ccc(Br)cc2)cc1C. The lowest BCUT2D eigenvalue weighted by Gasteiger charge is -2.06. The highest BCUT2D eigenvalue weighted by atomic mass is 79.9. The van der Waals surface area contributed by atoms with Gasteiger partial charge in [0.15, 0.2) is 6.61 Å². The van der Waals surface area contributed by atoms with Gasteiger partial charge in [-0.05, 0) is 73.4 Å². The van der Waals surface area contributed by atoms with Crippen molar-refractivity contribution in [2.75, 3.05) is 6.61 Å². The number of halogens is 1. The molecule has 120 valence electrons. The van der Waals surface area contributed by atoms with Gasteiger partial charge in [0.25, 0.3) is 5.91 Å². The summed E-state index contributed by atoms with van der Waals surface area (Å²) >= 11 is 3.34. The van der Waals surface area contributed by atoms with Gasteiger partial charge < -0.3 is 4.74 Å². The lowest BCUT2D eigenvalue weighted by atomic mass is 10.0. The van der Waals surface area contributed by atoms with Crippen molar-refractivity contribution in [3.63, 3.8) is 0 Å². The van der Waals surface area contributed by atoms with Gasteiger partial charge in [-0.1, -0.05) is 22.0 Å². The van der Waals surface area contributed by atoms with Gasteiger partial charge >= 0.3 is 0 Å². The van der Waals surface area contributed by atoms with Crippen LogP contribution in [0, 0.1) is 20.8 Å². The van der Waals surface area contributed by atoms with Crippen LogP contribution >= 0.6 is 15.9 Å². The summed E-state index contributed by atoms with van der Waals surface area (Å²) in [6, 6.07) is 11.5. The molecule has 2 aromatic rings. The monoisotopic (exact) mass is 374 g/mol. The highest BCUT2D eigenvalue weighted by Gasteiger charge is 2.02. The van der Waals surface area contributed by atoms with Crippen LogP contribution in [0.1, 0.15) is 22.3 Å². The Balaban J connectivity index is 1.86. The minimum absolute atomic E-state index is 0.0785. The number of nitrogens with one attached hydrogen (secondary N) is 1. The molecule has 0 heterocycles. The molecule has 1 N–H and O–H groups in total. The molecular formula is C18H19BrN2O2. The molecule has 4 nitrogen and oxygen atoms in total. The van der Waals surface area contributed by atoms with E-state index in [9.17, 15) is 4.79 Å². The summed E-state index contributed by atoms with van der Waals surface area (Å²) in [6.45, 7) is 6.07. The molecule has 0 aliphatic rings. The van der Waals surface area contributed by atoms with Crippen LogP contribution in [0.4, 0.5) is 0 Å². The fourth-order valence-electron chi connectivity index (χ4n) is 2.01. The molecule has 0 aliphatic carbocycles. The quantitative estimate of drug-likeness (QED) is 0.637. The smallest absolute Gasteiger partial charge is 0.277 e. The molecule has 23 heavy (non-hydrogen) atoms. The van der Waals surface area contributed by atoms with Gasteiger partial charge in [-0.25, -0.2) is 5.43 Å². The lowest BCUT2D eigenvalue weighted by molar-refractivity contribution is -0.123. The minimum atomic E-state index is -0.300. The number of ether oxygens (including phenoxy) is 1. The number of hydrogen-bond acceptors (Lipinski definition) is 3. The maximum absolute atomic E-state index is 11.7. The van der Waals surface area contributed by atoms with Gasteiger partial charge in [-0.2, -0.15) is 5.10 Å². The molecule has 0 atom stereocenters. The van der Waals surface area contributed by atoms with Crippen LogP contribution in [0.25, 0.3) is 0 Å². The average Bonchev–Trinajstić information content (AvgIpc) is 2.52. The number of nitrogens with zero attached hydrogens (tertiary/aromatic N) is 1. The standard InChI is InChI=1S/C18H19BrN2O2/c1-12-8-14(3)15(9-13(12)2)10-20-21-18(22)11-23-17-6-4-16(19)5-7-17/h4-10H,11H2,1-3H3,(H,21,22)/b20-10-. The topological polar surface area (TPSA) is 50.7 Å². The van der Waals surface area contributed by atoms with Gasteiger partial charge in [0.2, 0.25) is 0 Å². The molecule has 0 spiro atoms. The first-order valence-electron chi connectivity index (χ1n) is 7.24. The number of rotatable bonds is 5. The number of hydrazone groups is 1. The second kappa shape index (κ2) is 7.92. The Bertz CT molecular complexity index is 725. The predicted molar refractivity (Wildman–Crippen MR) is 96.0 cm³/mol. The number of aryl methyl sites for hydroxylation is 3. The largest absolute Gasteiger partial charge is 0.484 e.